The molecule has 28 heavy (non-hydrogen) atoms. The van der Waals surface area contributed by atoms with Crippen molar-refractivity contribution in [2.24, 2.45) is 0 Å². The van der Waals surface area contributed by atoms with Crippen LogP contribution in [-0.4, -0.2) is 28.8 Å². The molecule has 0 fully saturated rings. The summed E-state index contributed by atoms with van der Waals surface area (Å²) in [5, 5.41) is 4.17. The Labute approximate surface area is 176 Å². The van der Waals surface area contributed by atoms with E-state index >= 15 is 0 Å². The third-order valence-corrected chi connectivity index (χ3v) is 5.17. The van der Waals surface area contributed by atoms with Crippen LogP contribution in [0.5, 0.6) is 0 Å². The van der Waals surface area contributed by atoms with E-state index in [9.17, 15) is 9.59 Å². The highest BCUT2D eigenvalue weighted by molar-refractivity contribution is 6.30. The van der Waals surface area contributed by atoms with Gasteiger partial charge in [0.15, 0.2) is 0 Å². The van der Waals surface area contributed by atoms with Crippen LogP contribution in [0.2, 0.25) is 10.0 Å². The van der Waals surface area contributed by atoms with E-state index in [0.29, 0.717) is 16.6 Å². The highest BCUT2D eigenvalue weighted by Gasteiger charge is 2.26. The lowest BCUT2D eigenvalue weighted by Gasteiger charge is -2.30. The molecule has 2 aromatic rings. The van der Waals surface area contributed by atoms with Gasteiger partial charge in [-0.25, -0.2) is 0 Å². The monoisotopic (exact) mass is 420 g/mol. The molecule has 0 radical (unpaired) electrons. The quantitative estimate of drug-likeness (QED) is 0.661. The highest BCUT2D eigenvalue weighted by atomic mass is 35.5. The van der Waals surface area contributed by atoms with E-state index in [-0.39, 0.29) is 24.3 Å². The van der Waals surface area contributed by atoms with Gasteiger partial charge in [-0.2, -0.15) is 0 Å². The third kappa shape index (κ3) is 6.54. The lowest BCUT2D eigenvalue weighted by molar-refractivity contribution is -0.140. The summed E-state index contributed by atoms with van der Waals surface area (Å²) in [7, 11) is 0. The molecule has 0 saturated heterocycles. The fourth-order valence-electron chi connectivity index (χ4n) is 2.76. The number of hydrogen-bond acceptors (Lipinski definition) is 2. The molecule has 0 aliphatic carbocycles. The molecule has 1 N–H and O–H groups in total. The number of halogens is 2. The molecule has 0 aliphatic rings. The molecule has 0 heterocycles. The Morgan fingerprint density at radius 3 is 2.29 bits per heavy atom. The average Bonchev–Trinajstić information content (AvgIpc) is 2.66. The smallest absolute Gasteiger partial charge is 0.242 e. The minimum absolute atomic E-state index is 0.0513. The normalized spacial score (nSPS) is 12.9. The van der Waals surface area contributed by atoms with Gasteiger partial charge >= 0.3 is 0 Å². The molecule has 0 unspecified atom stereocenters. The number of carbonyl (C=O) groups is 2. The molecule has 150 valence electrons. The van der Waals surface area contributed by atoms with E-state index in [1.54, 1.807) is 36.1 Å². The predicted molar refractivity (Wildman–Crippen MR) is 115 cm³/mol. The first-order chi connectivity index (χ1) is 13.3. The number of hydrogen-bond donors (Lipinski definition) is 1. The van der Waals surface area contributed by atoms with Gasteiger partial charge in [-0.05, 0) is 55.7 Å². The summed E-state index contributed by atoms with van der Waals surface area (Å²) in [5.41, 5.74) is 1.72. The van der Waals surface area contributed by atoms with Crippen molar-refractivity contribution in [3.63, 3.8) is 0 Å². The molecule has 2 rings (SSSR count). The maximum atomic E-state index is 13.1. The van der Waals surface area contributed by atoms with Gasteiger partial charge in [-0.3, -0.25) is 9.59 Å². The van der Waals surface area contributed by atoms with Gasteiger partial charge in [-0.15, -0.1) is 0 Å². The molecule has 0 spiro atoms. The SMILES string of the molecule is CC[C@H](C)NC(=O)[C@@H](C)N(Cc1ccc(Cl)cc1)C(=O)Cc1cccc(Cl)c1. The van der Waals surface area contributed by atoms with E-state index in [1.165, 1.54) is 0 Å². The second kappa shape index (κ2) is 10.5. The van der Waals surface area contributed by atoms with Gasteiger partial charge < -0.3 is 10.2 Å². The molecule has 0 aromatic heterocycles. The van der Waals surface area contributed by atoms with Crippen molar-refractivity contribution < 1.29 is 9.59 Å². The predicted octanol–water partition coefficient (Wildman–Crippen LogP) is 4.87. The largest absolute Gasteiger partial charge is 0.352 e. The number of rotatable bonds is 8. The van der Waals surface area contributed by atoms with Crippen LogP contribution in [0.3, 0.4) is 0 Å². The van der Waals surface area contributed by atoms with Crippen molar-refractivity contribution in [3.8, 4) is 0 Å². The summed E-state index contributed by atoms with van der Waals surface area (Å²) in [4.78, 5) is 27.3. The Morgan fingerprint density at radius 2 is 1.68 bits per heavy atom. The number of nitrogens with one attached hydrogen (secondary N) is 1. The summed E-state index contributed by atoms with van der Waals surface area (Å²) in [6.07, 6.45) is 1.00. The second-order valence-corrected chi connectivity index (χ2v) is 7.82. The Morgan fingerprint density at radius 1 is 1.00 bits per heavy atom. The Hall–Kier alpha value is -2.04. The van der Waals surface area contributed by atoms with E-state index in [0.717, 1.165) is 17.5 Å². The Kier molecular flexibility index (Phi) is 8.34. The van der Waals surface area contributed by atoms with Crippen molar-refractivity contribution in [1.82, 2.24) is 10.2 Å². The number of carbonyl (C=O) groups excluding carboxylic acids is 2. The van der Waals surface area contributed by atoms with Crippen LogP contribution in [0.1, 0.15) is 38.3 Å². The lowest BCUT2D eigenvalue weighted by atomic mass is 10.1. The summed E-state index contributed by atoms with van der Waals surface area (Å²) in [6, 6.07) is 13.9. The van der Waals surface area contributed by atoms with Crippen LogP contribution in [0.15, 0.2) is 48.5 Å². The van der Waals surface area contributed by atoms with Gasteiger partial charge in [0.05, 0.1) is 6.42 Å². The van der Waals surface area contributed by atoms with E-state index in [4.69, 9.17) is 23.2 Å². The first-order valence-corrected chi connectivity index (χ1v) is 10.1. The average molecular weight is 421 g/mol. The van der Waals surface area contributed by atoms with Gasteiger partial charge in [-0.1, -0.05) is 54.4 Å². The molecular weight excluding hydrogens is 395 g/mol. The van der Waals surface area contributed by atoms with Crippen LogP contribution in [0.25, 0.3) is 0 Å². The zero-order valence-corrected chi connectivity index (χ0v) is 17.9. The summed E-state index contributed by atoms with van der Waals surface area (Å²) < 4.78 is 0. The summed E-state index contributed by atoms with van der Waals surface area (Å²) in [5.74, 6) is -0.299. The fraction of sp³-hybridized carbons (Fsp3) is 0.364. The van der Waals surface area contributed by atoms with Gasteiger partial charge in [0.25, 0.3) is 0 Å². The molecule has 4 nitrogen and oxygen atoms in total. The maximum Gasteiger partial charge on any atom is 0.242 e. The molecule has 2 atom stereocenters. The topological polar surface area (TPSA) is 49.4 Å². The second-order valence-electron chi connectivity index (χ2n) is 6.95. The summed E-state index contributed by atoms with van der Waals surface area (Å²) >= 11 is 12.0. The minimum atomic E-state index is -0.601. The van der Waals surface area contributed by atoms with Crippen LogP contribution >= 0.6 is 23.2 Å². The number of amides is 2. The van der Waals surface area contributed by atoms with Crippen molar-refractivity contribution in [2.45, 2.75) is 52.2 Å². The number of benzene rings is 2. The first-order valence-electron chi connectivity index (χ1n) is 9.39. The molecule has 0 bridgehead atoms. The zero-order valence-electron chi connectivity index (χ0n) is 16.4. The van der Waals surface area contributed by atoms with E-state index in [1.807, 2.05) is 38.1 Å². The van der Waals surface area contributed by atoms with Crippen LogP contribution in [0, 0.1) is 0 Å². The standard InChI is InChI=1S/C22H26Cl2N2O2/c1-4-15(2)25-22(28)16(3)26(14-17-8-10-19(23)11-9-17)21(27)13-18-6-5-7-20(24)12-18/h5-12,15-16H,4,13-14H2,1-3H3,(H,25,28)/t15-,16+/m0/s1. The molecule has 0 aliphatic heterocycles. The van der Waals surface area contributed by atoms with E-state index < -0.39 is 6.04 Å². The van der Waals surface area contributed by atoms with Crippen LogP contribution < -0.4 is 5.32 Å². The van der Waals surface area contributed by atoms with Gasteiger partial charge in [0, 0.05) is 22.6 Å². The van der Waals surface area contributed by atoms with Crippen LogP contribution in [0.4, 0.5) is 0 Å². The lowest BCUT2D eigenvalue weighted by Crippen LogP contribution is -2.49. The van der Waals surface area contributed by atoms with Crippen LogP contribution in [-0.2, 0) is 22.6 Å². The zero-order chi connectivity index (χ0) is 20.7. The van der Waals surface area contributed by atoms with Gasteiger partial charge in [0.1, 0.15) is 6.04 Å². The molecular formula is C22H26Cl2N2O2. The third-order valence-electron chi connectivity index (χ3n) is 4.68. The van der Waals surface area contributed by atoms with Gasteiger partial charge in [0.2, 0.25) is 11.8 Å². The minimum Gasteiger partial charge on any atom is -0.352 e. The molecule has 0 saturated carbocycles. The number of nitrogens with zero attached hydrogens (tertiary/aromatic N) is 1. The molecule has 6 heteroatoms. The van der Waals surface area contributed by atoms with Crippen molar-refractivity contribution in [1.29, 1.82) is 0 Å². The maximum absolute atomic E-state index is 13.1. The Bertz CT molecular complexity index is 808. The van der Waals surface area contributed by atoms with E-state index in [2.05, 4.69) is 5.32 Å². The highest BCUT2D eigenvalue weighted by Crippen LogP contribution is 2.17. The molecule has 2 amide bonds. The van der Waals surface area contributed by atoms with Crippen molar-refractivity contribution in [3.05, 3.63) is 69.7 Å². The molecule has 2 aromatic carbocycles. The summed E-state index contributed by atoms with van der Waals surface area (Å²) in [6.45, 7) is 6.03. The fourth-order valence-corrected chi connectivity index (χ4v) is 3.10. The van der Waals surface area contributed by atoms with Crippen molar-refractivity contribution in [2.75, 3.05) is 0 Å². The van der Waals surface area contributed by atoms with Crippen molar-refractivity contribution >= 4 is 35.0 Å². The Balaban J connectivity index is 2.22. The first kappa shape index (κ1) is 22.3.